The Balaban J connectivity index is 0.000000129. The van der Waals surface area contributed by atoms with Crippen molar-refractivity contribution in [3.63, 3.8) is 0 Å². The van der Waals surface area contributed by atoms with Gasteiger partial charge in [0, 0.05) is 56.0 Å². The Kier molecular flexibility index (Phi) is 19.8. The van der Waals surface area contributed by atoms with Gasteiger partial charge in [-0.05, 0) is 162 Å². The third-order valence-electron chi connectivity index (χ3n) is 13.2. The zero-order valence-corrected chi connectivity index (χ0v) is 47.2. The number of benzene rings is 4. The Bertz CT molecular complexity index is 3350. The van der Waals surface area contributed by atoms with Crippen LogP contribution in [0.25, 0.3) is 0 Å². The van der Waals surface area contributed by atoms with Gasteiger partial charge in [0.2, 0.25) is 11.8 Å². The smallest absolute Gasteiger partial charge is 0.275 e. The minimum Gasteiger partial charge on any atom is -0.480 e. The van der Waals surface area contributed by atoms with Crippen LogP contribution >= 0.6 is 62.3 Å². The van der Waals surface area contributed by atoms with Crippen LogP contribution in [0.2, 0.25) is 20.6 Å². The molecule has 0 radical (unpaired) electrons. The van der Waals surface area contributed by atoms with E-state index in [1.807, 2.05) is 36.4 Å². The van der Waals surface area contributed by atoms with Gasteiger partial charge < -0.3 is 39.0 Å². The van der Waals surface area contributed by atoms with Crippen LogP contribution in [0.4, 0.5) is 39.8 Å². The summed E-state index contributed by atoms with van der Waals surface area (Å²) in [7, 11) is 4.87. The highest BCUT2D eigenvalue weighted by molar-refractivity contribution is 9.10. The number of nitrogens with zero attached hydrogens (tertiary/aromatic N) is 6. The number of ether oxygens (including phenoxy) is 2. The fraction of sp³-hybridized carbons (Fsp3) is 0.254. The van der Waals surface area contributed by atoms with Gasteiger partial charge in [-0.2, -0.15) is 4.98 Å². The molecule has 394 valence electrons. The Hall–Kier alpha value is -6.48. The lowest BCUT2D eigenvalue weighted by Gasteiger charge is -2.31. The molecule has 0 bridgehead atoms. The van der Waals surface area contributed by atoms with Gasteiger partial charge in [0.1, 0.15) is 37.7 Å². The number of aryl methyl sites for hydroxylation is 4. The number of fused-ring (bicyclic) bond motifs is 4. The molecule has 8 aromatic rings. The van der Waals surface area contributed by atoms with E-state index in [9.17, 15) is 9.59 Å². The fourth-order valence-corrected chi connectivity index (χ4v) is 10.5. The lowest BCUT2D eigenvalue weighted by molar-refractivity contribution is 0.395. The Morgan fingerprint density at radius 2 is 0.961 bits per heavy atom. The van der Waals surface area contributed by atoms with Gasteiger partial charge in [-0.1, -0.05) is 119 Å². The second-order valence-electron chi connectivity index (χ2n) is 18.1. The summed E-state index contributed by atoms with van der Waals surface area (Å²) in [6.45, 7) is 3.84. The molecular formula is C59H59BrCl4N8O4. The van der Waals surface area contributed by atoms with Gasteiger partial charge in [0.15, 0.2) is 0 Å². The van der Waals surface area contributed by atoms with Crippen molar-refractivity contribution in [2.45, 2.75) is 51.4 Å². The van der Waals surface area contributed by atoms with Crippen molar-refractivity contribution in [1.29, 1.82) is 0 Å². The third-order valence-corrected chi connectivity index (χ3v) is 14.8. The molecular weight excluding hydrogens is 1110 g/mol. The minimum absolute atomic E-state index is 0.0517. The number of H-pyrrole nitrogens is 1. The maximum absolute atomic E-state index is 12.3. The second kappa shape index (κ2) is 27.0. The number of aromatic amines is 1. The monoisotopic (exact) mass is 1160 g/mol. The number of methoxy groups -OCH3 is 2. The summed E-state index contributed by atoms with van der Waals surface area (Å²) in [6, 6.07) is 47.8. The molecule has 4 aliphatic rings. The first-order chi connectivity index (χ1) is 36.9. The van der Waals surface area contributed by atoms with E-state index in [1.165, 1.54) is 51.0 Å². The molecule has 4 aromatic carbocycles. The molecule has 4 aromatic heterocycles. The van der Waals surface area contributed by atoms with Crippen molar-refractivity contribution in [1.82, 2.24) is 19.5 Å². The van der Waals surface area contributed by atoms with Gasteiger partial charge in [-0.25, -0.2) is 4.98 Å². The minimum atomic E-state index is -0.140. The average Bonchev–Trinajstić information content (AvgIpc) is 3.47. The molecule has 0 aliphatic carbocycles. The van der Waals surface area contributed by atoms with Gasteiger partial charge >= 0.3 is 0 Å². The molecule has 8 heterocycles. The molecule has 17 heteroatoms. The third kappa shape index (κ3) is 13.9. The number of rotatable bonds is 5. The molecule has 76 heavy (non-hydrogen) atoms. The standard InChI is InChI=1S/2C15H15ClN2O.C14H13ClN2O.C9H11N.C6H5BrClNO/c1-19-15-13(8-9-14(16)17-15)18-10-4-6-11-5-2-3-7-12(11)18;1-17-14(16)9-8-13(15(17)19)18-10-4-6-11-5-2-3-7-12(11)18;15-13-8-7-12(14(18)16-13)17-9-3-5-10-4-1-2-6-11(10)17;1-2-6-9-8(4-1)5-3-7-10-9;1-10-6-4(7)2-3-5(8)9-6/h2*2-3,5,7-9H,4,6,10H2,1H3;1-2,4,6-8H,3,5,9H2,(H,16,18);1-2,4,6,10H,3,5,7H2;2-3H,1H3. The molecule has 12 rings (SSSR count). The van der Waals surface area contributed by atoms with Crippen LogP contribution < -0.4 is 40.6 Å². The maximum atomic E-state index is 12.3. The highest BCUT2D eigenvalue weighted by Crippen LogP contribution is 2.38. The number of pyridine rings is 4. The van der Waals surface area contributed by atoms with E-state index in [2.05, 4.69) is 124 Å². The van der Waals surface area contributed by atoms with Crippen LogP contribution in [0.15, 0.2) is 160 Å². The Morgan fingerprint density at radius 3 is 1.50 bits per heavy atom. The zero-order valence-electron chi connectivity index (χ0n) is 42.5. The summed E-state index contributed by atoms with van der Waals surface area (Å²) in [5.41, 5.74) is 12.4. The summed E-state index contributed by atoms with van der Waals surface area (Å²) >= 11 is 26.5. The molecule has 2 N–H and O–H groups in total. The molecule has 0 amide bonds. The number of para-hydroxylation sites is 4. The van der Waals surface area contributed by atoms with Crippen molar-refractivity contribution in [3.05, 3.63) is 214 Å². The first-order valence-electron chi connectivity index (χ1n) is 25.1. The summed E-state index contributed by atoms with van der Waals surface area (Å²) < 4.78 is 12.5. The summed E-state index contributed by atoms with van der Waals surface area (Å²) in [6.07, 6.45) is 9.01. The predicted octanol–water partition coefficient (Wildman–Crippen LogP) is 14.6. The lowest BCUT2D eigenvalue weighted by atomic mass is 10.0. The van der Waals surface area contributed by atoms with E-state index in [0.29, 0.717) is 43.7 Å². The number of nitrogens with one attached hydrogen (secondary N) is 2. The largest absolute Gasteiger partial charge is 0.480 e. The average molecular weight is 1170 g/mol. The van der Waals surface area contributed by atoms with Crippen molar-refractivity contribution in [3.8, 4) is 11.8 Å². The Morgan fingerprint density at radius 1 is 0.500 bits per heavy atom. The first kappa shape index (κ1) is 55.7. The lowest BCUT2D eigenvalue weighted by Crippen LogP contribution is -2.31. The molecule has 0 spiro atoms. The fourth-order valence-electron chi connectivity index (χ4n) is 9.53. The van der Waals surface area contributed by atoms with Gasteiger partial charge in [-0.15, -0.1) is 0 Å². The van der Waals surface area contributed by atoms with Crippen molar-refractivity contribution in [2.24, 2.45) is 7.05 Å². The van der Waals surface area contributed by atoms with E-state index in [0.717, 1.165) is 86.2 Å². The van der Waals surface area contributed by atoms with Crippen LogP contribution in [0.5, 0.6) is 11.8 Å². The van der Waals surface area contributed by atoms with Gasteiger partial charge in [0.25, 0.3) is 11.1 Å². The molecule has 4 aliphatic heterocycles. The van der Waals surface area contributed by atoms with E-state index >= 15 is 0 Å². The van der Waals surface area contributed by atoms with Gasteiger partial charge in [0.05, 0.1) is 18.7 Å². The number of halogens is 5. The van der Waals surface area contributed by atoms with Crippen molar-refractivity contribution < 1.29 is 9.47 Å². The summed E-state index contributed by atoms with van der Waals surface area (Å²) in [5, 5.41) is 5.07. The van der Waals surface area contributed by atoms with Crippen molar-refractivity contribution in [2.75, 3.05) is 60.4 Å². The number of hydrogen-bond donors (Lipinski definition) is 2. The maximum Gasteiger partial charge on any atom is 0.275 e. The van der Waals surface area contributed by atoms with E-state index in [-0.39, 0.29) is 11.1 Å². The molecule has 0 saturated heterocycles. The zero-order chi connectivity index (χ0) is 53.6. The number of hydrogen-bond acceptors (Lipinski definition) is 10. The van der Waals surface area contributed by atoms with Crippen LogP contribution in [-0.4, -0.2) is 59.9 Å². The summed E-state index contributed by atoms with van der Waals surface area (Å²) in [4.78, 5) is 41.5. The molecule has 0 atom stereocenters. The van der Waals surface area contributed by atoms with E-state index in [4.69, 9.17) is 55.9 Å². The first-order valence-corrected chi connectivity index (χ1v) is 27.4. The SMILES string of the molecule is COc1nc(Cl)ccc1Br.COc1nc(Cl)ccc1N1CCCc2ccccc21.Cn1c(Cl)ccc(N2CCCc3ccccc32)c1=O.O=c1[nH]c(Cl)ccc1N1CCCc2ccccc21.c1ccc2c(c1)CCCN2. The van der Waals surface area contributed by atoms with Crippen molar-refractivity contribution >= 4 is 102 Å². The van der Waals surface area contributed by atoms with Crippen LogP contribution in [-0.2, 0) is 32.7 Å². The molecule has 0 saturated carbocycles. The number of anilines is 7. The van der Waals surface area contributed by atoms with Crippen LogP contribution in [0.1, 0.15) is 47.9 Å². The summed E-state index contributed by atoms with van der Waals surface area (Å²) in [5.74, 6) is 1.08. The molecule has 0 unspecified atom stereocenters. The van der Waals surface area contributed by atoms with Gasteiger partial charge in [-0.3, -0.25) is 9.59 Å². The molecule has 12 nitrogen and oxygen atoms in total. The quantitative estimate of drug-likeness (QED) is 0.161. The highest BCUT2D eigenvalue weighted by Gasteiger charge is 2.23. The second-order valence-corrected chi connectivity index (χ2v) is 20.5. The topological polar surface area (TPSA) is 121 Å². The Labute approximate surface area is 472 Å². The van der Waals surface area contributed by atoms with E-state index < -0.39 is 0 Å². The normalized spacial score (nSPS) is 13.8. The van der Waals surface area contributed by atoms with Crippen LogP contribution in [0.3, 0.4) is 0 Å². The van der Waals surface area contributed by atoms with E-state index in [1.54, 1.807) is 57.7 Å². The molecule has 0 fully saturated rings. The number of aromatic nitrogens is 4. The predicted molar refractivity (Wildman–Crippen MR) is 317 cm³/mol. The van der Waals surface area contributed by atoms with Crippen LogP contribution in [0, 0.1) is 0 Å². The highest BCUT2D eigenvalue weighted by atomic mass is 79.9.